The van der Waals surface area contributed by atoms with Gasteiger partial charge in [0.2, 0.25) is 0 Å². The second-order valence-electron chi connectivity index (χ2n) is 7.23. The van der Waals surface area contributed by atoms with E-state index in [9.17, 15) is 9.59 Å². The molecule has 2 heterocycles. The van der Waals surface area contributed by atoms with Crippen LogP contribution >= 0.6 is 0 Å². The first kappa shape index (κ1) is 21.2. The zero-order chi connectivity index (χ0) is 22.8. The molecule has 0 spiro atoms. The van der Waals surface area contributed by atoms with Crippen molar-refractivity contribution in [1.82, 2.24) is 15.3 Å². The van der Waals surface area contributed by atoms with Crippen LogP contribution < -0.4 is 14.8 Å². The highest BCUT2D eigenvalue weighted by Gasteiger charge is 2.22. The molecule has 4 aromatic rings. The molecule has 0 aliphatic heterocycles. The van der Waals surface area contributed by atoms with Gasteiger partial charge in [-0.15, -0.1) is 0 Å². The fourth-order valence-corrected chi connectivity index (χ4v) is 3.66. The normalized spacial score (nSPS) is 11.9. The molecular formula is C24H23N3O5. The van der Waals surface area contributed by atoms with Gasteiger partial charge in [-0.3, -0.25) is 4.79 Å². The summed E-state index contributed by atoms with van der Waals surface area (Å²) >= 11 is 0. The van der Waals surface area contributed by atoms with Crippen molar-refractivity contribution in [1.29, 1.82) is 0 Å². The molecule has 4 rings (SSSR count). The van der Waals surface area contributed by atoms with E-state index in [4.69, 9.17) is 14.2 Å². The average molecular weight is 433 g/mol. The van der Waals surface area contributed by atoms with Gasteiger partial charge in [0, 0.05) is 21.9 Å². The van der Waals surface area contributed by atoms with Gasteiger partial charge < -0.3 is 24.5 Å². The van der Waals surface area contributed by atoms with E-state index >= 15 is 0 Å². The second kappa shape index (κ2) is 8.58. The van der Waals surface area contributed by atoms with Crippen LogP contribution in [-0.2, 0) is 9.53 Å². The third kappa shape index (κ3) is 3.71. The number of hydrogen-bond acceptors (Lipinski definition) is 6. The van der Waals surface area contributed by atoms with Crippen LogP contribution in [-0.4, -0.2) is 49.2 Å². The van der Waals surface area contributed by atoms with E-state index in [1.165, 1.54) is 7.11 Å². The van der Waals surface area contributed by atoms with Gasteiger partial charge in [-0.2, -0.15) is 0 Å². The van der Waals surface area contributed by atoms with Crippen molar-refractivity contribution in [2.45, 2.75) is 13.0 Å². The summed E-state index contributed by atoms with van der Waals surface area (Å²) in [7, 11) is 4.42. The molecule has 2 N–H and O–H groups in total. The second-order valence-corrected chi connectivity index (χ2v) is 7.23. The smallest absolute Gasteiger partial charge is 0.328 e. The van der Waals surface area contributed by atoms with Crippen molar-refractivity contribution in [3.05, 3.63) is 54.2 Å². The summed E-state index contributed by atoms with van der Waals surface area (Å²) in [5, 5.41) is 4.41. The van der Waals surface area contributed by atoms with Crippen LogP contribution in [0, 0.1) is 0 Å². The SMILES string of the molecule is COC(=O)[C@@H](C)NC(=O)c1cc2c([nH]c3ccccc32)c(-c2cc(OC)ccc2OC)n1. The summed E-state index contributed by atoms with van der Waals surface area (Å²) in [6.07, 6.45) is 0. The number of H-pyrrole nitrogens is 1. The first-order chi connectivity index (χ1) is 15.5. The number of para-hydroxylation sites is 1. The van der Waals surface area contributed by atoms with Crippen molar-refractivity contribution in [3.8, 4) is 22.8 Å². The Morgan fingerprint density at radius 3 is 2.50 bits per heavy atom. The topological polar surface area (TPSA) is 103 Å². The summed E-state index contributed by atoms with van der Waals surface area (Å²) in [6.45, 7) is 1.56. The molecule has 8 nitrogen and oxygen atoms in total. The van der Waals surface area contributed by atoms with Crippen LogP contribution in [0.1, 0.15) is 17.4 Å². The third-order valence-corrected chi connectivity index (χ3v) is 5.29. The number of ether oxygens (including phenoxy) is 3. The number of aromatic nitrogens is 2. The number of aromatic amines is 1. The summed E-state index contributed by atoms with van der Waals surface area (Å²) < 4.78 is 15.7. The Labute approximate surface area is 184 Å². The molecule has 1 amide bonds. The van der Waals surface area contributed by atoms with Crippen molar-refractivity contribution in [2.75, 3.05) is 21.3 Å². The van der Waals surface area contributed by atoms with Crippen molar-refractivity contribution >= 4 is 33.7 Å². The van der Waals surface area contributed by atoms with Gasteiger partial charge in [-0.25, -0.2) is 9.78 Å². The average Bonchev–Trinajstić information content (AvgIpc) is 3.21. The van der Waals surface area contributed by atoms with E-state index in [0.29, 0.717) is 22.8 Å². The molecule has 164 valence electrons. The van der Waals surface area contributed by atoms with Crippen molar-refractivity contribution < 1.29 is 23.8 Å². The van der Waals surface area contributed by atoms with Crippen LogP contribution in [0.15, 0.2) is 48.5 Å². The quantitative estimate of drug-likeness (QED) is 0.450. The van der Waals surface area contributed by atoms with Crippen molar-refractivity contribution in [2.24, 2.45) is 0 Å². The minimum atomic E-state index is -0.817. The number of amides is 1. The largest absolute Gasteiger partial charge is 0.497 e. The fraction of sp³-hybridized carbons (Fsp3) is 0.208. The minimum absolute atomic E-state index is 0.165. The lowest BCUT2D eigenvalue weighted by atomic mass is 10.0. The molecule has 2 aromatic heterocycles. The Kier molecular flexibility index (Phi) is 5.68. The fourth-order valence-electron chi connectivity index (χ4n) is 3.66. The lowest BCUT2D eigenvalue weighted by molar-refractivity contribution is -0.142. The molecule has 0 bridgehead atoms. The Hall–Kier alpha value is -4.07. The van der Waals surface area contributed by atoms with E-state index in [2.05, 4.69) is 15.3 Å². The molecule has 0 radical (unpaired) electrons. The molecule has 1 atom stereocenters. The van der Waals surface area contributed by atoms with Crippen LogP contribution in [0.25, 0.3) is 33.1 Å². The molecule has 8 heteroatoms. The maximum absolute atomic E-state index is 13.0. The number of hydrogen-bond donors (Lipinski definition) is 2. The molecular weight excluding hydrogens is 410 g/mol. The number of carbonyl (C=O) groups excluding carboxylic acids is 2. The predicted molar refractivity (Wildman–Crippen MR) is 121 cm³/mol. The zero-order valence-corrected chi connectivity index (χ0v) is 18.2. The maximum atomic E-state index is 13.0. The lowest BCUT2D eigenvalue weighted by Crippen LogP contribution is -2.39. The van der Waals surface area contributed by atoms with Gasteiger partial charge in [-0.1, -0.05) is 18.2 Å². The first-order valence-electron chi connectivity index (χ1n) is 9.99. The van der Waals surface area contributed by atoms with Crippen LogP contribution in [0.5, 0.6) is 11.5 Å². The number of pyridine rings is 1. The summed E-state index contributed by atoms with van der Waals surface area (Å²) in [4.78, 5) is 32.8. The minimum Gasteiger partial charge on any atom is -0.497 e. The van der Waals surface area contributed by atoms with Gasteiger partial charge in [0.1, 0.15) is 23.2 Å². The third-order valence-electron chi connectivity index (χ3n) is 5.29. The molecule has 32 heavy (non-hydrogen) atoms. The predicted octanol–water partition coefficient (Wildman–Crippen LogP) is 3.69. The van der Waals surface area contributed by atoms with E-state index in [0.717, 1.165) is 21.8 Å². The number of carbonyl (C=O) groups is 2. The van der Waals surface area contributed by atoms with Gasteiger partial charge in [0.25, 0.3) is 5.91 Å². The molecule has 0 aliphatic carbocycles. The van der Waals surface area contributed by atoms with Crippen LogP contribution in [0.2, 0.25) is 0 Å². The van der Waals surface area contributed by atoms with E-state index in [-0.39, 0.29) is 5.69 Å². The molecule has 0 saturated heterocycles. The molecule has 0 unspecified atom stereocenters. The number of nitrogens with zero attached hydrogens (tertiary/aromatic N) is 1. The van der Waals surface area contributed by atoms with E-state index in [1.54, 1.807) is 39.3 Å². The summed E-state index contributed by atoms with van der Waals surface area (Å²) in [5.41, 5.74) is 3.03. The first-order valence-corrected chi connectivity index (χ1v) is 9.99. The monoisotopic (exact) mass is 433 g/mol. The molecule has 0 saturated carbocycles. The number of rotatable bonds is 6. The summed E-state index contributed by atoms with van der Waals surface area (Å²) in [5.74, 6) is 0.180. The Morgan fingerprint density at radius 2 is 1.78 bits per heavy atom. The number of esters is 1. The van der Waals surface area contributed by atoms with Crippen molar-refractivity contribution in [3.63, 3.8) is 0 Å². The number of fused-ring (bicyclic) bond motifs is 3. The van der Waals surface area contributed by atoms with Crippen LogP contribution in [0.4, 0.5) is 0 Å². The van der Waals surface area contributed by atoms with E-state index < -0.39 is 17.9 Å². The van der Waals surface area contributed by atoms with Gasteiger partial charge in [-0.05, 0) is 37.3 Å². The molecule has 2 aromatic carbocycles. The van der Waals surface area contributed by atoms with Crippen LogP contribution in [0.3, 0.4) is 0 Å². The summed E-state index contributed by atoms with van der Waals surface area (Å²) in [6, 6.07) is 14.1. The number of methoxy groups -OCH3 is 3. The number of nitrogens with one attached hydrogen (secondary N) is 2. The lowest BCUT2D eigenvalue weighted by Gasteiger charge is -2.14. The number of benzene rings is 2. The highest BCUT2D eigenvalue weighted by Crippen LogP contribution is 2.38. The van der Waals surface area contributed by atoms with Gasteiger partial charge in [0.05, 0.1) is 32.5 Å². The molecule has 0 aliphatic rings. The Bertz CT molecular complexity index is 1330. The molecule has 0 fully saturated rings. The standard InChI is InChI=1S/C24H23N3O5/c1-13(24(29)32-4)25-23(28)19-12-16-15-7-5-6-8-18(15)26-21(16)22(27-19)17-11-14(30-2)9-10-20(17)31-3/h5-13,26H,1-4H3,(H,25,28)/t13-/m1/s1. The Balaban J connectivity index is 1.96. The highest BCUT2D eigenvalue weighted by atomic mass is 16.5. The zero-order valence-electron chi connectivity index (χ0n) is 18.2. The van der Waals surface area contributed by atoms with E-state index in [1.807, 2.05) is 30.3 Å². The highest BCUT2D eigenvalue weighted by molar-refractivity contribution is 6.13. The Morgan fingerprint density at radius 1 is 1.00 bits per heavy atom. The maximum Gasteiger partial charge on any atom is 0.328 e. The van der Waals surface area contributed by atoms with Gasteiger partial charge in [0.15, 0.2) is 0 Å². The van der Waals surface area contributed by atoms with Gasteiger partial charge >= 0.3 is 5.97 Å².